The monoisotopic (exact) mass is 569 g/mol. The summed E-state index contributed by atoms with van der Waals surface area (Å²) in [7, 11) is -3.56. The van der Waals surface area contributed by atoms with Crippen molar-refractivity contribution in [2.45, 2.75) is 60.0 Å². The van der Waals surface area contributed by atoms with Crippen molar-refractivity contribution in [3.05, 3.63) is 63.1 Å². The first-order valence-electron chi connectivity index (χ1n) is 12.3. The normalized spacial score (nSPS) is 12.4. The van der Waals surface area contributed by atoms with Gasteiger partial charge in [0.2, 0.25) is 21.8 Å². The molecule has 0 aliphatic rings. The van der Waals surface area contributed by atoms with Gasteiger partial charge in [-0.05, 0) is 68.0 Å². The van der Waals surface area contributed by atoms with E-state index >= 15 is 0 Å². The number of carbonyl (C=O) groups is 2. The smallest absolute Gasteiger partial charge is 0.242 e. The fraction of sp³-hybridized carbons (Fsp3) is 0.481. The van der Waals surface area contributed by atoms with Gasteiger partial charge in [0.05, 0.1) is 22.0 Å². The fourth-order valence-corrected chi connectivity index (χ4v) is 5.18. The van der Waals surface area contributed by atoms with Crippen LogP contribution in [0, 0.1) is 19.8 Å². The number of sulfonamides is 1. The van der Waals surface area contributed by atoms with Crippen molar-refractivity contribution in [1.29, 1.82) is 0 Å². The highest BCUT2D eigenvalue weighted by Crippen LogP contribution is 2.26. The lowest BCUT2D eigenvalue weighted by Crippen LogP contribution is -2.48. The minimum Gasteiger partial charge on any atom is -0.354 e. The number of amides is 2. The van der Waals surface area contributed by atoms with Crippen LogP contribution in [0.15, 0.2) is 36.4 Å². The molecule has 1 N–H and O–H groups in total. The number of hydrogen-bond acceptors (Lipinski definition) is 4. The molecule has 37 heavy (non-hydrogen) atoms. The number of anilines is 1. The lowest BCUT2D eigenvalue weighted by Gasteiger charge is -2.30. The van der Waals surface area contributed by atoms with Gasteiger partial charge < -0.3 is 10.2 Å². The quantitative estimate of drug-likeness (QED) is 0.373. The first kappa shape index (κ1) is 30.9. The highest BCUT2D eigenvalue weighted by atomic mass is 35.5. The Morgan fingerprint density at radius 1 is 1.00 bits per heavy atom. The van der Waals surface area contributed by atoms with Gasteiger partial charge in [0.1, 0.15) is 6.04 Å². The SMILES string of the molecule is Cc1ccc(C)c(N(CCCC(=O)N(Cc2ccc(Cl)c(Cl)c2)C(C)C(=O)NCC(C)C)S(C)(=O)=O)c1. The Bertz CT molecular complexity index is 1220. The van der Waals surface area contributed by atoms with E-state index in [1.54, 1.807) is 25.1 Å². The molecule has 7 nitrogen and oxygen atoms in total. The maximum Gasteiger partial charge on any atom is 0.242 e. The molecule has 2 aromatic rings. The molecular weight excluding hydrogens is 533 g/mol. The minimum absolute atomic E-state index is 0.0695. The molecule has 1 atom stereocenters. The number of aryl methyl sites for hydroxylation is 2. The average molecular weight is 571 g/mol. The van der Waals surface area contributed by atoms with E-state index in [1.807, 2.05) is 45.9 Å². The second kappa shape index (κ2) is 13.5. The average Bonchev–Trinajstić information content (AvgIpc) is 2.81. The Labute approximate surface area is 231 Å². The summed E-state index contributed by atoms with van der Waals surface area (Å²) in [4.78, 5) is 27.7. The van der Waals surface area contributed by atoms with Gasteiger partial charge in [-0.1, -0.05) is 55.2 Å². The van der Waals surface area contributed by atoms with Gasteiger partial charge in [-0.2, -0.15) is 0 Å². The zero-order chi connectivity index (χ0) is 27.9. The van der Waals surface area contributed by atoms with Crippen molar-refractivity contribution < 1.29 is 18.0 Å². The van der Waals surface area contributed by atoms with Crippen molar-refractivity contribution in [2.24, 2.45) is 5.92 Å². The zero-order valence-corrected chi connectivity index (χ0v) is 24.7. The molecule has 2 rings (SSSR count). The Kier molecular flexibility index (Phi) is 11.3. The van der Waals surface area contributed by atoms with Gasteiger partial charge >= 0.3 is 0 Å². The summed E-state index contributed by atoms with van der Waals surface area (Å²) in [6, 6.07) is 9.99. The van der Waals surface area contributed by atoms with Gasteiger partial charge in [-0.25, -0.2) is 8.42 Å². The molecule has 0 radical (unpaired) electrons. The first-order valence-corrected chi connectivity index (χ1v) is 14.9. The van der Waals surface area contributed by atoms with Crippen LogP contribution in [0.2, 0.25) is 10.0 Å². The van der Waals surface area contributed by atoms with Crippen molar-refractivity contribution in [1.82, 2.24) is 10.2 Å². The third-order valence-corrected chi connectivity index (χ3v) is 7.89. The van der Waals surface area contributed by atoms with Crippen LogP contribution in [-0.4, -0.2) is 50.5 Å². The second-order valence-corrected chi connectivity index (χ2v) is 12.5. The van der Waals surface area contributed by atoms with Crippen LogP contribution < -0.4 is 9.62 Å². The molecule has 10 heteroatoms. The molecule has 0 bridgehead atoms. The van der Waals surface area contributed by atoms with Crippen molar-refractivity contribution in [3.8, 4) is 0 Å². The second-order valence-electron chi connectivity index (χ2n) is 9.81. The maximum atomic E-state index is 13.4. The van der Waals surface area contributed by atoms with Crippen LogP contribution in [0.5, 0.6) is 0 Å². The summed E-state index contributed by atoms with van der Waals surface area (Å²) in [6.45, 7) is 10.2. The number of benzene rings is 2. The number of nitrogens with zero attached hydrogens (tertiary/aromatic N) is 2. The highest BCUT2D eigenvalue weighted by Gasteiger charge is 2.27. The van der Waals surface area contributed by atoms with Crippen LogP contribution >= 0.6 is 23.2 Å². The number of hydrogen-bond donors (Lipinski definition) is 1. The number of rotatable bonds is 12. The summed E-state index contributed by atoms with van der Waals surface area (Å²) >= 11 is 12.2. The Balaban J connectivity index is 2.22. The lowest BCUT2D eigenvalue weighted by atomic mass is 10.1. The third-order valence-electron chi connectivity index (χ3n) is 5.97. The fourth-order valence-electron chi connectivity index (χ4n) is 3.84. The summed E-state index contributed by atoms with van der Waals surface area (Å²) in [5, 5.41) is 3.65. The van der Waals surface area contributed by atoms with Gasteiger partial charge in [-0.15, -0.1) is 0 Å². The lowest BCUT2D eigenvalue weighted by molar-refractivity contribution is -0.140. The van der Waals surface area contributed by atoms with E-state index in [9.17, 15) is 18.0 Å². The first-order chi connectivity index (χ1) is 17.2. The molecule has 2 amide bonds. The molecule has 0 saturated heterocycles. The molecule has 204 valence electrons. The molecule has 0 saturated carbocycles. The molecule has 0 aliphatic carbocycles. The standard InChI is InChI=1S/C27H37Cl2N3O4S/c1-18(2)16-30-27(34)21(5)31(17-22-11-12-23(28)24(29)15-22)26(33)8-7-13-32(37(6,35)36)25-14-19(3)9-10-20(25)4/h9-12,14-15,18,21H,7-8,13,16-17H2,1-6H3,(H,30,34). The number of halogens is 2. The van der Waals surface area contributed by atoms with E-state index in [4.69, 9.17) is 23.2 Å². The van der Waals surface area contributed by atoms with Gasteiger partial charge in [-0.3, -0.25) is 13.9 Å². The molecule has 0 spiro atoms. The third kappa shape index (κ3) is 9.20. The Hall–Kier alpha value is -2.29. The van der Waals surface area contributed by atoms with E-state index in [2.05, 4.69) is 5.32 Å². The van der Waals surface area contributed by atoms with Crippen LogP contribution in [0.3, 0.4) is 0 Å². The van der Waals surface area contributed by atoms with Crippen molar-refractivity contribution in [3.63, 3.8) is 0 Å². The summed E-state index contributed by atoms with van der Waals surface area (Å²) < 4.78 is 26.5. The molecule has 2 aromatic carbocycles. The predicted molar refractivity (Wildman–Crippen MR) is 152 cm³/mol. The van der Waals surface area contributed by atoms with Crippen molar-refractivity contribution >= 4 is 50.7 Å². The van der Waals surface area contributed by atoms with E-state index in [1.165, 1.54) is 9.21 Å². The summed E-state index contributed by atoms with van der Waals surface area (Å²) in [6.07, 6.45) is 1.52. The van der Waals surface area contributed by atoms with Gasteiger partial charge in [0, 0.05) is 26.1 Å². The Morgan fingerprint density at radius 3 is 2.27 bits per heavy atom. The van der Waals surface area contributed by atoms with E-state index in [0.29, 0.717) is 22.3 Å². The number of carbonyl (C=O) groups excluding carboxylic acids is 2. The molecular formula is C27H37Cl2N3O4S. The summed E-state index contributed by atoms with van der Waals surface area (Å²) in [5.41, 5.74) is 3.11. The molecule has 0 fully saturated rings. The van der Waals surface area contributed by atoms with Crippen molar-refractivity contribution in [2.75, 3.05) is 23.7 Å². The highest BCUT2D eigenvalue weighted by molar-refractivity contribution is 7.92. The van der Waals surface area contributed by atoms with E-state index in [-0.39, 0.29) is 43.7 Å². The maximum absolute atomic E-state index is 13.4. The predicted octanol–water partition coefficient (Wildman–Crippen LogP) is 5.35. The van der Waals surface area contributed by atoms with Crippen LogP contribution in [0.1, 0.15) is 50.3 Å². The van der Waals surface area contributed by atoms with Crippen LogP contribution in [-0.2, 0) is 26.2 Å². The molecule has 1 unspecified atom stereocenters. The van der Waals surface area contributed by atoms with Gasteiger partial charge in [0.15, 0.2) is 0 Å². The summed E-state index contributed by atoms with van der Waals surface area (Å²) in [5.74, 6) is -0.245. The zero-order valence-electron chi connectivity index (χ0n) is 22.3. The molecule has 0 heterocycles. The Morgan fingerprint density at radius 2 is 1.68 bits per heavy atom. The molecule has 0 aliphatic heterocycles. The van der Waals surface area contributed by atoms with Crippen LogP contribution in [0.25, 0.3) is 0 Å². The van der Waals surface area contributed by atoms with Gasteiger partial charge in [0.25, 0.3) is 0 Å². The van der Waals surface area contributed by atoms with E-state index < -0.39 is 16.1 Å². The van der Waals surface area contributed by atoms with Crippen LogP contribution in [0.4, 0.5) is 5.69 Å². The topological polar surface area (TPSA) is 86.8 Å². The molecule has 0 aromatic heterocycles. The largest absolute Gasteiger partial charge is 0.354 e. The van der Waals surface area contributed by atoms with E-state index in [0.717, 1.165) is 22.9 Å². The minimum atomic E-state index is -3.56. The number of nitrogens with one attached hydrogen (secondary N) is 1.